The second kappa shape index (κ2) is 5.24. The predicted molar refractivity (Wildman–Crippen MR) is 58.6 cm³/mol. The average Bonchev–Trinajstić information content (AvgIpc) is 2.19. The van der Waals surface area contributed by atoms with Gasteiger partial charge in [0.25, 0.3) is 0 Å². The van der Waals surface area contributed by atoms with Gasteiger partial charge in [0.1, 0.15) is 11.6 Å². The molecule has 0 saturated carbocycles. The molecule has 1 aromatic carbocycles. The number of hydrogen-bond donors (Lipinski definition) is 1. The zero-order valence-electron chi connectivity index (χ0n) is 8.20. The minimum Gasteiger partial charge on any atom is -0.309 e. The Bertz CT molecular complexity index is 339. The van der Waals surface area contributed by atoms with Crippen LogP contribution in [-0.4, -0.2) is 12.3 Å². The van der Waals surface area contributed by atoms with E-state index in [1.807, 2.05) is 0 Å². The summed E-state index contributed by atoms with van der Waals surface area (Å²) in [7, 11) is 0. The predicted octanol–water partition coefficient (Wildman–Crippen LogP) is 2.24. The first-order valence-corrected chi connectivity index (χ1v) is 4.76. The Morgan fingerprint density at radius 2 is 1.93 bits per heavy atom. The molecule has 0 amide bonds. The Morgan fingerprint density at radius 1 is 1.27 bits per heavy atom. The summed E-state index contributed by atoms with van der Waals surface area (Å²) in [5, 5.41) is 3.24. The van der Waals surface area contributed by atoms with E-state index in [2.05, 4.69) is 5.32 Å². The Labute approximate surface area is 94.3 Å². The zero-order chi connectivity index (χ0) is 9.97. The molecule has 1 N–H and O–H groups in total. The molecule has 1 atom stereocenters. The van der Waals surface area contributed by atoms with E-state index >= 15 is 0 Å². The van der Waals surface area contributed by atoms with Gasteiger partial charge in [0.15, 0.2) is 0 Å². The molecular formula is C11H13ClFNO. The summed E-state index contributed by atoms with van der Waals surface area (Å²) >= 11 is 0. The van der Waals surface area contributed by atoms with Crippen LogP contribution in [0.3, 0.4) is 0 Å². The number of carbonyl (C=O) groups excluding carboxylic acids is 1. The molecule has 2 nitrogen and oxygen atoms in total. The van der Waals surface area contributed by atoms with Gasteiger partial charge in [-0.15, -0.1) is 12.4 Å². The van der Waals surface area contributed by atoms with E-state index in [1.54, 1.807) is 12.1 Å². The maximum atomic E-state index is 12.6. The second-order valence-corrected chi connectivity index (χ2v) is 3.55. The maximum absolute atomic E-state index is 12.6. The fourth-order valence-electron chi connectivity index (χ4n) is 1.72. The highest BCUT2D eigenvalue weighted by Crippen LogP contribution is 2.20. The zero-order valence-corrected chi connectivity index (χ0v) is 9.02. The van der Waals surface area contributed by atoms with Gasteiger partial charge in [-0.25, -0.2) is 4.39 Å². The molecule has 1 saturated heterocycles. The van der Waals surface area contributed by atoms with Crippen LogP contribution >= 0.6 is 12.4 Å². The van der Waals surface area contributed by atoms with Gasteiger partial charge in [0.05, 0.1) is 0 Å². The first-order valence-electron chi connectivity index (χ1n) is 4.76. The molecule has 1 unspecified atom stereocenters. The van der Waals surface area contributed by atoms with Gasteiger partial charge in [-0.3, -0.25) is 4.79 Å². The molecule has 15 heavy (non-hydrogen) atoms. The first-order chi connectivity index (χ1) is 6.75. The highest BCUT2D eigenvalue weighted by Gasteiger charge is 2.19. The van der Waals surface area contributed by atoms with Gasteiger partial charge in [0, 0.05) is 25.4 Å². The van der Waals surface area contributed by atoms with Gasteiger partial charge < -0.3 is 5.32 Å². The molecule has 4 heteroatoms. The second-order valence-electron chi connectivity index (χ2n) is 3.55. The van der Waals surface area contributed by atoms with Crippen LogP contribution in [-0.2, 0) is 4.79 Å². The van der Waals surface area contributed by atoms with E-state index < -0.39 is 0 Å². The lowest BCUT2D eigenvalue weighted by molar-refractivity contribution is -0.120. The van der Waals surface area contributed by atoms with Crippen molar-refractivity contribution in [2.24, 2.45) is 0 Å². The van der Waals surface area contributed by atoms with Crippen LogP contribution in [0.1, 0.15) is 24.4 Å². The van der Waals surface area contributed by atoms with Crippen molar-refractivity contribution in [2.45, 2.75) is 18.9 Å². The molecule has 1 fully saturated rings. The number of benzene rings is 1. The number of rotatable bonds is 1. The fourth-order valence-corrected chi connectivity index (χ4v) is 1.72. The van der Waals surface area contributed by atoms with E-state index in [1.165, 1.54) is 12.1 Å². The highest BCUT2D eigenvalue weighted by atomic mass is 35.5. The van der Waals surface area contributed by atoms with Crippen LogP contribution in [0.15, 0.2) is 24.3 Å². The lowest BCUT2D eigenvalue weighted by Crippen LogP contribution is -2.31. The monoisotopic (exact) mass is 229 g/mol. The van der Waals surface area contributed by atoms with Crippen molar-refractivity contribution in [2.75, 3.05) is 6.54 Å². The number of nitrogens with one attached hydrogen (secondary N) is 1. The molecule has 0 aromatic heterocycles. The molecule has 0 bridgehead atoms. The molecule has 0 radical (unpaired) electrons. The maximum Gasteiger partial charge on any atom is 0.136 e. The van der Waals surface area contributed by atoms with Crippen LogP contribution < -0.4 is 5.32 Å². The summed E-state index contributed by atoms with van der Waals surface area (Å²) in [6, 6.07) is 6.38. The Hall–Kier alpha value is -0.930. The van der Waals surface area contributed by atoms with E-state index in [9.17, 15) is 9.18 Å². The summed E-state index contributed by atoms with van der Waals surface area (Å²) in [5.41, 5.74) is 0.986. The average molecular weight is 230 g/mol. The molecule has 1 aromatic rings. The molecule has 1 aliphatic rings. The standard InChI is InChI=1S/C11H12FNO.ClH/c12-9-3-1-8(2-4-9)11-7-10(14)5-6-13-11;/h1-4,11,13H,5-7H2;1H. The van der Waals surface area contributed by atoms with Crippen molar-refractivity contribution >= 4 is 18.2 Å². The third-order valence-electron chi connectivity index (χ3n) is 2.50. The van der Waals surface area contributed by atoms with Crippen molar-refractivity contribution in [3.63, 3.8) is 0 Å². The Kier molecular flexibility index (Phi) is 4.24. The number of hydrogen-bond acceptors (Lipinski definition) is 2. The highest BCUT2D eigenvalue weighted by molar-refractivity contribution is 5.85. The van der Waals surface area contributed by atoms with E-state index in [4.69, 9.17) is 0 Å². The number of piperidine rings is 1. The minimum atomic E-state index is -0.240. The van der Waals surface area contributed by atoms with Crippen molar-refractivity contribution in [3.8, 4) is 0 Å². The van der Waals surface area contributed by atoms with E-state index in [0.717, 1.165) is 12.1 Å². The van der Waals surface area contributed by atoms with E-state index in [0.29, 0.717) is 12.8 Å². The molecule has 1 aliphatic heterocycles. The molecule has 1 heterocycles. The van der Waals surface area contributed by atoms with Crippen LogP contribution in [0.5, 0.6) is 0 Å². The lowest BCUT2D eigenvalue weighted by Gasteiger charge is -2.22. The summed E-state index contributed by atoms with van der Waals surface area (Å²) in [6.45, 7) is 0.723. The largest absolute Gasteiger partial charge is 0.309 e. The molecule has 2 rings (SSSR count). The van der Waals surface area contributed by atoms with Gasteiger partial charge in [-0.1, -0.05) is 12.1 Å². The third-order valence-corrected chi connectivity index (χ3v) is 2.50. The van der Waals surface area contributed by atoms with Crippen molar-refractivity contribution in [1.82, 2.24) is 5.32 Å². The summed E-state index contributed by atoms with van der Waals surface area (Å²) < 4.78 is 12.6. The number of ketones is 1. The topological polar surface area (TPSA) is 29.1 Å². The Morgan fingerprint density at radius 3 is 2.53 bits per heavy atom. The summed E-state index contributed by atoms with van der Waals surface area (Å²) in [5.74, 6) is 0.0361. The van der Waals surface area contributed by atoms with Crippen molar-refractivity contribution < 1.29 is 9.18 Å². The van der Waals surface area contributed by atoms with Gasteiger partial charge >= 0.3 is 0 Å². The minimum absolute atomic E-state index is 0. The molecular weight excluding hydrogens is 217 g/mol. The Balaban J connectivity index is 0.00000112. The first kappa shape index (κ1) is 12.1. The van der Waals surface area contributed by atoms with Crippen LogP contribution in [0.2, 0.25) is 0 Å². The van der Waals surface area contributed by atoms with Crippen LogP contribution in [0, 0.1) is 5.82 Å². The summed E-state index contributed by atoms with van der Waals surface area (Å²) in [4.78, 5) is 11.2. The molecule has 0 spiro atoms. The number of halogens is 2. The van der Waals surface area contributed by atoms with Crippen molar-refractivity contribution in [1.29, 1.82) is 0 Å². The molecule has 82 valence electrons. The third kappa shape index (κ3) is 3.01. The lowest BCUT2D eigenvalue weighted by atomic mass is 9.97. The van der Waals surface area contributed by atoms with Gasteiger partial charge in [0.2, 0.25) is 0 Å². The van der Waals surface area contributed by atoms with Crippen molar-refractivity contribution in [3.05, 3.63) is 35.6 Å². The van der Waals surface area contributed by atoms with Crippen LogP contribution in [0.25, 0.3) is 0 Å². The smallest absolute Gasteiger partial charge is 0.136 e. The number of carbonyl (C=O) groups is 1. The fraction of sp³-hybridized carbons (Fsp3) is 0.364. The normalized spacial score (nSPS) is 20.9. The van der Waals surface area contributed by atoms with Gasteiger partial charge in [-0.05, 0) is 17.7 Å². The quantitative estimate of drug-likeness (QED) is 0.800. The van der Waals surface area contributed by atoms with Crippen LogP contribution in [0.4, 0.5) is 4.39 Å². The van der Waals surface area contributed by atoms with Gasteiger partial charge in [-0.2, -0.15) is 0 Å². The molecule has 0 aliphatic carbocycles. The summed E-state index contributed by atoms with van der Waals surface area (Å²) in [6.07, 6.45) is 1.13. The SMILES string of the molecule is Cl.O=C1CCNC(c2ccc(F)cc2)C1. The number of Topliss-reactive ketones (excluding diaryl/α,β-unsaturated/α-hetero) is 1. The van der Waals surface area contributed by atoms with E-state index in [-0.39, 0.29) is 30.0 Å².